The number of aliphatic hydroxyl groups excluding tert-OH is 1. The minimum absolute atomic E-state index is 0.0175. The van der Waals surface area contributed by atoms with E-state index < -0.39 is 15.5 Å². The number of nitrogens with zero attached hydrogens (tertiary/aromatic N) is 1. The first-order valence-electron chi connectivity index (χ1n) is 3.38. The fourth-order valence-electron chi connectivity index (χ4n) is 0.975. The molecule has 0 heterocycles. The highest BCUT2D eigenvalue weighted by Crippen LogP contribution is 2.31. The van der Waals surface area contributed by atoms with Crippen LogP contribution in [0.3, 0.4) is 0 Å². The van der Waals surface area contributed by atoms with E-state index in [0.717, 1.165) is 0 Å². The van der Waals surface area contributed by atoms with Crippen molar-refractivity contribution < 1.29 is 14.8 Å². The molecule has 1 rings (SSSR count). The molecule has 13 heavy (non-hydrogen) atoms. The molecule has 2 unspecified atom stereocenters. The first-order chi connectivity index (χ1) is 6.02. The van der Waals surface area contributed by atoms with Gasteiger partial charge in [-0.25, -0.2) is 0 Å². The molecular weight excluding hydrogens is 242 g/mol. The summed E-state index contributed by atoms with van der Waals surface area (Å²) in [6.07, 6.45) is 2.82. The SMILES string of the molecule is O=CC1=CC=CC(Br)([N+](=O)[O-])C1O. The van der Waals surface area contributed by atoms with Crippen molar-refractivity contribution in [2.75, 3.05) is 0 Å². The summed E-state index contributed by atoms with van der Waals surface area (Å²) in [5, 5.41) is 20.0. The van der Waals surface area contributed by atoms with E-state index in [0.29, 0.717) is 6.29 Å². The standard InChI is InChI=1S/C7H6BrNO4/c8-7(9(12)13)3-1-2-5(4-10)6(7)11/h1-4,6,11H. The largest absolute Gasteiger partial charge is 0.379 e. The molecular formula is C7H6BrNO4. The first kappa shape index (κ1) is 10.1. The van der Waals surface area contributed by atoms with E-state index >= 15 is 0 Å². The lowest BCUT2D eigenvalue weighted by Crippen LogP contribution is -2.44. The normalized spacial score (nSPS) is 32.5. The Hall–Kier alpha value is -1.01. The van der Waals surface area contributed by atoms with Crippen molar-refractivity contribution in [3.05, 3.63) is 33.9 Å². The third-order valence-corrected chi connectivity index (χ3v) is 2.72. The van der Waals surface area contributed by atoms with Crippen LogP contribution >= 0.6 is 15.9 Å². The van der Waals surface area contributed by atoms with Crippen LogP contribution in [0.15, 0.2) is 23.8 Å². The van der Waals surface area contributed by atoms with Crippen molar-refractivity contribution in [1.29, 1.82) is 0 Å². The molecule has 0 radical (unpaired) electrons. The first-order valence-corrected chi connectivity index (χ1v) is 4.17. The predicted octanol–water partition coefficient (Wildman–Crippen LogP) is 0.410. The molecule has 0 fully saturated rings. The molecule has 0 aromatic rings. The van der Waals surface area contributed by atoms with E-state index in [1.165, 1.54) is 18.2 Å². The van der Waals surface area contributed by atoms with Crippen molar-refractivity contribution in [3.8, 4) is 0 Å². The van der Waals surface area contributed by atoms with Gasteiger partial charge in [0.15, 0.2) is 6.10 Å². The fraction of sp³-hybridized carbons (Fsp3) is 0.286. The molecule has 0 bridgehead atoms. The number of aldehydes is 1. The van der Waals surface area contributed by atoms with Gasteiger partial charge in [-0.3, -0.25) is 14.9 Å². The second-order valence-corrected chi connectivity index (χ2v) is 3.80. The monoisotopic (exact) mass is 247 g/mol. The van der Waals surface area contributed by atoms with E-state index in [1.807, 2.05) is 0 Å². The molecule has 0 aromatic heterocycles. The molecule has 1 N–H and O–H groups in total. The van der Waals surface area contributed by atoms with Gasteiger partial charge < -0.3 is 5.11 Å². The Bertz CT molecular complexity index is 312. The van der Waals surface area contributed by atoms with Crippen LogP contribution in [0, 0.1) is 10.1 Å². The van der Waals surface area contributed by atoms with Gasteiger partial charge in [-0.15, -0.1) is 0 Å². The second kappa shape index (κ2) is 3.39. The second-order valence-electron chi connectivity index (χ2n) is 2.53. The number of halogens is 1. The van der Waals surface area contributed by atoms with E-state index in [-0.39, 0.29) is 5.57 Å². The fourth-order valence-corrected chi connectivity index (χ4v) is 1.39. The van der Waals surface area contributed by atoms with E-state index in [1.54, 1.807) is 0 Å². The number of aliphatic hydroxyl groups is 1. The molecule has 0 saturated carbocycles. The smallest absolute Gasteiger partial charge is 0.322 e. The highest BCUT2D eigenvalue weighted by Gasteiger charge is 2.48. The molecule has 0 spiro atoms. The minimum atomic E-state index is -1.78. The van der Waals surface area contributed by atoms with Gasteiger partial charge in [0.1, 0.15) is 6.29 Å². The molecule has 0 amide bonds. The number of rotatable bonds is 2. The maximum Gasteiger partial charge on any atom is 0.322 e. The summed E-state index contributed by atoms with van der Waals surface area (Å²) in [5.74, 6) is 0. The van der Waals surface area contributed by atoms with Crippen LogP contribution in [0.25, 0.3) is 0 Å². The Balaban J connectivity index is 3.08. The maximum absolute atomic E-state index is 10.6. The van der Waals surface area contributed by atoms with Gasteiger partial charge in [-0.05, 0) is 0 Å². The van der Waals surface area contributed by atoms with Gasteiger partial charge in [0.25, 0.3) is 0 Å². The Kier molecular flexibility index (Phi) is 2.63. The third kappa shape index (κ3) is 1.54. The molecule has 2 atom stereocenters. The Morgan fingerprint density at radius 2 is 2.38 bits per heavy atom. The number of carbonyl (C=O) groups is 1. The van der Waals surface area contributed by atoms with Gasteiger partial charge in [-0.2, -0.15) is 0 Å². The summed E-state index contributed by atoms with van der Waals surface area (Å²) in [5.41, 5.74) is -0.0175. The zero-order valence-corrected chi connectivity index (χ0v) is 7.97. The van der Waals surface area contributed by atoms with E-state index in [2.05, 4.69) is 15.9 Å². The summed E-state index contributed by atoms with van der Waals surface area (Å²) >= 11 is 2.77. The number of carbonyl (C=O) groups excluding carboxylic acids is 1. The summed E-state index contributed by atoms with van der Waals surface area (Å²) < 4.78 is -1.78. The van der Waals surface area contributed by atoms with E-state index in [4.69, 9.17) is 0 Å². The number of hydrogen-bond donors (Lipinski definition) is 1. The maximum atomic E-state index is 10.6. The number of alkyl halides is 1. The van der Waals surface area contributed by atoms with Gasteiger partial charge in [0, 0.05) is 32.5 Å². The third-order valence-electron chi connectivity index (χ3n) is 1.73. The van der Waals surface area contributed by atoms with Crippen LogP contribution in [-0.2, 0) is 4.79 Å². The van der Waals surface area contributed by atoms with Crippen molar-refractivity contribution in [2.24, 2.45) is 0 Å². The average molecular weight is 248 g/mol. The van der Waals surface area contributed by atoms with Crippen molar-refractivity contribution in [2.45, 2.75) is 10.6 Å². The molecule has 1 aliphatic carbocycles. The summed E-state index contributed by atoms with van der Waals surface area (Å²) in [7, 11) is 0. The van der Waals surface area contributed by atoms with Crippen molar-refractivity contribution in [3.63, 3.8) is 0 Å². The van der Waals surface area contributed by atoms with Gasteiger partial charge in [0.2, 0.25) is 0 Å². The lowest BCUT2D eigenvalue weighted by Gasteiger charge is -2.23. The summed E-state index contributed by atoms with van der Waals surface area (Å²) in [6, 6.07) is 0. The van der Waals surface area contributed by atoms with Crippen LogP contribution in [0.2, 0.25) is 0 Å². The average Bonchev–Trinajstić information content (AvgIpc) is 2.09. The molecule has 5 nitrogen and oxygen atoms in total. The van der Waals surface area contributed by atoms with Gasteiger partial charge >= 0.3 is 4.45 Å². The Labute approximate surface area is 82.0 Å². The lowest BCUT2D eigenvalue weighted by atomic mass is 9.98. The van der Waals surface area contributed by atoms with Crippen molar-refractivity contribution in [1.82, 2.24) is 0 Å². The zero-order chi connectivity index (χ0) is 10.1. The van der Waals surface area contributed by atoms with Gasteiger partial charge in [-0.1, -0.05) is 12.2 Å². The van der Waals surface area contributed by atoms with Crippen LogP contribution < -0.4 is 0 Å². The molecule has 0 saturated heterocycles. The van der Waals surface area contributed by atoms with Crippen LogP contribution in [0.4, 0.5) is 0 Å². The molecule has 6 heteroatoms. The van der Waals surface area contributed by atoms with Crippen molar-refractivity contribution >= 4 is 22.2 Å². The summed E-state index contributed by atoms with van der Waals surface area (Å²) in [6.45, 7) is 0. The van der Waals surface area contributed by atoms with Gasteiger partial charge in [0.05, 0.1) is 0 Å². The number of allylic oxidation sites excluding steroid dienone is 2. The molecule has 70 valence electrons. The molecule has 1 aliphatic rings. The zero-order valence-electron chi connectivity index (χ0n) is 6.38. The quantitative estimate of drug-likeness (QED) is 0.252. The summed E-state index contributed by atoms with van der Waals surface area (Å²) in [4.78, 5) is 20.2. The van der Waals surface area contributed by atoms with Crippen LogP contribution in [-0.4, -0.2) is 26.9 Å². The Morgan fingerprint density at radius 3 is 2.85 bits per heavy atom. The molecule has 0 aromatic carbocycles. The minimum Gasteiger partial charge on any atom is -0.379 e. The molecule has 0 aliphatic heterocycles. The van der Waals surface area contributed by atoms with Crippen LogP contribution in [0.5, 0.6) is 0 Å². The van der Waals surface area contributed by atoms with E-state index in [9.17, 15) is 20.0 Å². The highest BCUT2D eigenvalue weighted by atomic mass is 79.9. The topological polar surface area (TPSA) is 80.4 Å². The lowest BCUT2D eigenvalue weighted by molar-refractivity contribution is -0.531. The Morgan fingerprint density at radius 1 is 1.77 bits per heavy atom. The number of nitro groups is 1. The predicted molar refractivity (Wildman–Crippen MR) is 47.9 cm³/mol. The highest BCUT2D eigenvalue weighted by molar-refractivity contribution is 9.10. The number of hydrogen-bond acceptors (Lipinski definition) is 4. The van der Waals surface area contributed by atoms with Crippen LogP contribution in [0.1, 0.15) is 0 Å².